The van der Waals surface area contributed by atoms with Gasteiger partial charge in [0.15, 0.2) is 0 Å². The molecule has 1 aromatic rings. The molecule has 1 rings (SSSR count). The van der Waals surface area contributed by atoms with Crippen molar-refractivity contribution < 1.29 is 0 Å². The fourth-order valence-electron chi connectivity index (χ4n) is 0.946. The van der Waals surface area contributed by atoms with Gasteiger partial charge in [-0.15, -0.1) is 0 Å². The SMILES string of the molecule is CSCCNc1ccccc1N. The highest BCUT2D eigenvalue weighted by molar-refractivity contribution is 7.98. The van der Waals surface area contributed by atoms with E-state index >= 15 is 0 Å². The van der Waals surface area contributed by atoms with Crippen LogP contribution in [0.15, 0.2) is 24.3 Å². The van der Waals surface area contributed by atoms with E-state index in [0.717, 1.165) is 23.7 Å². The van der Waals surface area contributed by atoms with E-state index < -0.39 is 0 Å². The first-order valence-electron chi connectivity index (χ1n) is 3.92. The molecule has 0 heterocycles. The third kappa shape index (κ3) is 2.66. The minimum absolute atomic E-state index is 0.818. The van der Waals surface area contributed by atoms with Crippen LogP contribution in [-0.2, 0) is 0 Å². The fourth-order valence-corrected chi connectivity index (χ4v) is 1.25. The average Bonchev–Trinajstić information content (AvgIpc) is 2.09. The van der Waals surface area contributed by atoms with Gasteiger partial charge < -0.3 is 11.1 Å². The Morgan fingerprint density at radius 3 is 2.83 bits per heavy atom. The largest absolute Gasteiger partial charge is 0.397 e. The Hall–Kier alpha value is -0.830. The molecule has 1 aromatic carbocycles. The van der Waals surface area contributed by atoms with Crippen LogP contribution in [0.2, 0.25) is 0 Å². The lowest BCUT2D eigenvalue weighted by Crippen LogP contribution is -2.05. The second-order valence-corrected chi connectivity index (χ2v) is 3.49. The number of hydrogen-bond acceptors (Lipinski definition) is 3. The molecule has 0 fully saturated rings. The third-order valence-corrected chi connectivity index (χ3v) is 2.19. The zero-order valence-corrected chi connectivity index (χ0v) is 8.03. The normalized spacial score (nSPS) is 9.75. The second kappa shape index (κ2) is 4.93. The predicted octanol–water partition coefficient (Wildman–Crippen LogP) is 2.04. The van der Waals surface area contributed by atoms with Crippen molar-refractivity contribution in [2.75, 3.05) is 29.6 Å². The number of benzene rings is 1. The highest BCUT2D eigenvalue weighted by Crippen LogP contribution is 2.16. The summed E-state index contributed by atoms with van der Waals surface area (Å²) < 4.78 is 0. The number of nitrogens with two attached hydrogens (primary N) is 1. The molecule has 0 radical (unpaired) electrons. The third-order valence-electron chi connectivity index (χ3n) is 1.58. The number of para-hydroxylation sites is 2. The van der Waals surface area contributed by atoms with Gasteiger partial charge in [-0.3, -0.25) is 0 Å². The Morgan fingerprint density at radius 2 is 2.17 bits per heavy atom. The fraction of sp³-hybridized carbons (Fsp3) is 0.333. The molecule has 0 saturated carbocycles. The van der Waals surface area contributed by atoms with E-state index in [-0.39, 0.29) is 0 Å². The summed E-state index contributed by atoms with van der Waals surface area (Å²) in [6, 6.07) is 7.82. The summed E-state index contributed by atoms with van der Waals surface area (Å²) in [5.74, 6) is 1.11. The van der Waals surface area contributed by atoms with E-state index in [4.69, 9.17) is 5.73 Å². The lowest BCUT2D eigenvalue weighted by Gasteiger charge is -2.07. The van der Waals surface area contributed by atoms with Crippen LogP contribution in [-0.4, -0.2) is 18.6 Å². The standard InChI is InChI=1S/C9H14N2S/c1-12-7-6-11-9-5-3-2-4-8(9)10/h2-5,11H,6-7,10H2,1H3. The summed E-state index contributed by atoms with van der Waals surface area (Å²) in [5, 5.41) is 3.27. The summed E-state index contributed by atoms with van der Waals surface area (Å²) in [4.78, 5) is 0. The van der Waals surface area contributed by atoms with Crippen molar-refractivity contribution in [2.45, 2.75) is 0 Å². The van der Waals surface area contributed by atoms with Crippen molar-refractivity contribution in [3.8, 4) is 0 Å². The smallest absolute Gasteiger partial charge is 0.0574 e. The first-order valence-corrected chi connectivity index (χ1v) is 5.31. The van der Waals surface area contributed by atoms with Crippen molar-refractivity contribution in [1.29, 1.82) is 0 Å². The van der Waals surface area contributed by atoms with E-state index in [1.807, 2.05) is 36.0 Å². The molecule has 0 aromatic heterocycles. The first-order chi connectivity index (χ1) is 5.84. The monoisotopic (exact) mass is 182 g/mol. The molecule has 3 heteroatoms. The Balaban J connectivity index is 2.46. The Kier molecular flexibility index (Phi) is 3.80. The van der Waals surface area contributed by atoms with Crippen LogP contribution < -0.4 is 11.1 Å². The highest BCUT2D eigenvalue weighted by Gasteiger charge is 1.93. The molecular formula is C9H14N2S. The van der Waals surface area contributed by atoms with Crippen LogP contribution in [0, 0.1) is 0 Å². The van der Waals surface area contributed by atoms with Gasteiger partial charge in [0.1, 0.15) is 0 Å². The van der Waals surface area contributed by atoms with E-state index in [2.05, 4.69) is 11.6 Å². The molecule has 0 saturated heterocycles. The van der Waals surface area contributed by atoms with Crippen molar-refractivity contribution in [3.63, 3.8) is 0 Å². The van der Waals surface area contributed by atoms with E-state index in [9.17, 15) is 0 Å². The van der Waals surface area contributed by atoms with Gasteiger partial charge in [0, 0.05) is 12.3 Å². The van der Waals surface area contributed by atoms with Crippen LogP contribution >= 0.6 is 11.8 Å². The minimum Gasteiger partial charge on any atom is -0.397 e. The molecule has 0 aliphatic carbocycles. The van der Waals surface area contributed by atoms with Crippen LogP contribution in [0.3, 0.4) is 0 Å². The summed E-state index contributed by atoms with van der Waals surface area (Å²) in [5.41, 5.74) is 7.59. The molecule has 3 N–H and O–H groups in total. The summed E-state index contributed by atoms with van der Waals surface area (Å²) in [6.45, 7) is 0.968. The number of rotatable bonds is 4. The van der Waals surface area contributed by atoms with Crippen molar-refractivity contribution in [2.24, 2.45) is 0 Å². The quantitative estimate of drug-likeness (QED) is 0.553. The number of nitrogen functional groups attached to an aromatic ring is 1. The summed E-state index contributed by atoms with van der Waals surface area (Å²) in [6.07, 6.45) is 2.09. The molecular weight excluding hydrogens is 168 g/mol. The van der Waals surface area contributed by atoms with E-state index in [1.54, 1.807) is 0 Å². The zero-order chi connectivity index (χ0) is 8.81. The maximum atomic E-state index is 5.73. The number of hydrogen-bond donors (Lipinski definition) is 2. The van der Waals surface area contributed by atoms with E-state index in [0.29, 0.717) is 0 Å². The molecule has 2 nitrogen and oxygen atoms in total. The minimum atomic E-state index is 0.818. The van der Waals surface area contributed by atoms with Crippen molar-refractivity contribution in [1.82, 2.24) is 0 Å². The first kappa shape index (κ1) is 9.26. The number of thioether (sulfide) groups is 1. The molecule has 0 amide bonds. The zero-order valence-electron chi connectivity index (χ0n) is 7.21. The molecule has 0 spiro atoms. The van der Waals surface area contributed by atoms with E-state index in [1.165, 1.54) is 0 Å². The maximum Gasteiger partial charge on any atom is 0.0574 e. The van der Waals surface area contributed by atoms with Gasteiger partial charge in [-0.2, -0.15) is 11.8 Å². The molecule has 12 heavy (non-hydrogen) atoms. The molecule has 0 atom stereocenters. The van der Waals surface area contributed by atoms with Gasteiger partial charge >= 0.3 is 0 Å². The number of nitrogens with one attached hydrogen (secondary N) is 1. The average molecular weight is 182 g/mol. The Labute approximate surface area is 77.5 Å². The lowest BCUT2D eigenvalue weighted by atomic mass is 10.3. The Morgan fingerprint density at radius 1 is 1.42 bits per heavy atom. The Bertz CT molecular complexity index is 238. The van der Waals surface area contributed by atoms with Gasteiger partial charge in [-0.25, -0.2) is 0 Å². The van der Waals surface area contributed by atoms with Crippen LogP contribution in [0.1, 0.15) is 0 Å². The number of anilines is 2. The molecule has 0 aliphatic rings. The van der Waals surface area contributed by atoms with Crippen LogP contribution in [0.5, 0.6) is 0 Å². The van der Waals surface area contributed by atoms with Crippen molar-refractivity contribution >= 4 is 23.1 Å². The van der Waals surface area contributed by atoms with Gasteiger partial charge in [-0.05, 0) is 18.4 Å². The van der Waals surface area contributed by atoms with Gasteiger partial charge in [0.05, 0.1) is 11.4 Å². The molecule has 0 aliphatic heterocycles. The molecule has 0 unspecified atom stereocenters. The predicted molar refractivity (Wildman–Crippen MR) is 57.7 cm³/mol. The molecule has 66 valence electrons. The van der Waals surface area contributed by atoms with Crippen LogP contribution in [0.4, 0.5) is 11.4 Å². The van der Waals surface area contributed by atoms with Crippen LogP contribution in [0.25, 0.3) is 0 Å². The maximum absolute atomic E-state index is 5.73. The van der Waals surface area contributed by atoms with Gasteiger partial charge in [-0.1, -0.05) is 12.1 Å². The topological polar surface area (TPSA) is 38.0 Å². The summed E-state index contributed by atoms with van der Waals surface area (Å²) in [7, 11) is 0. The summed E-state index contributed by atoms with van der Waals surface area (Å²) >= 11 is 1.82. The highest BCUT2D eigenvalue weighted by atomic mass is 32.2. The van der Waals surface area contributed by atoms with Crippen molar-refractivity contribution in [3.05, 3.63) is 24.3 Å². The van der Waals surface area contributed by atoms with Gasteiger partial charge in [0.25, 0.3) is 0 Å². The molecule has 0 bridgehead atoms. The van der Waals surface area contributed by atoms with Gasteiger partial charge in [0.2, 0.25) is 0 Å². The second-order valence-electron chi connectivity index (χ2n) is 2.51. The lowest BCUT2D eigenvalue weighted by molar-refractivity contribution is 1.23.